The van der Waals surface area contributed by atoms with Gasteiger partial charge in [0.25, 0.3) is 0 Å². The van der Waals surface area contributed by atoms with Crippen molar-refractivity contribution < 1.29 is 0 Å². The van der Waals surface area contributed by atoms with E-state index in [2.05, 4.69) is 10.1 Å². The van der Waals surface area contributed by atoms with Gasteiger partial charge in [-0.1, -0.05) is 35.9 Å². The molecule has 1 aromatic carbocycles. The lowest BCUT2D eigenvalue weighted by molar-refractivity contribution is 0.678. The van der Waals surface area contributed by atoms with Crippen molar-refractivity contribution >= 4 is 28.3 Å². The van der Waals surface area contributed by atoms with E-state index in [1.807, 2.05) is 36.4 Å². The summed E-state index contributed by atoms with van der Waals surface area (Å²) < 4.78 is 1.69. The monoisotopic (exact) mass is 258 g/mol. The second-order valence-corrected chi connectivity index (χ2v) is 4.46. The van der Waals surface area contributed by atoms with Gasteiger partial charge in [-0.25, -0.2) is 0 Å². The molecular formula is C13H11ClN4. The molecule has 5 heteroatoms. The maximum absolute atomic E-state index is 5.86. The highest BCUT2D eigenvalue weighted by Gasteiger charge is 2.04. The number of para-hydroxylation sites is 1. The highest BCUT2D eigenvalue weighted by molar-refractivity contribution is 6.32. The summed E-state index contributed by atoms with van der Waals surface area (Å²) in [6.45, 7) is 0.557. The second-order valence-electron chi connectivity index (χ2n) is 4.06. The summed E-state index contributed by atoms with van der Waals surface area (Å²) in [5, 5.41) is 5.70. The van der Waals surface area contributed by atoms with Crippen molar-refractivity contribution in [2.24, 2.45) is 0 Å². The Balaban J connectivity index is 1.95. The average molecular weight is 259 g/mol. The lowest BCUT2D eigenvalue weighted by Gasteiger charge is -2.03. The van der Waals surface area contributed by atoms with Gasteiger partial charge in [-0.3, -0.25) is 9.67 Å². The van der Waals surface area contributed by atoms with Gasteiger partial charge in [0.1, 0.15) is 5.02 Å². The Morgan fingerprint density at radius 3 is 2.78 bits per heavy atom. The highest BCUT2D eigenvalue weighted by Crippen LogP contribution is 2.17. The van der Waals surface area contributed by atoms with Gasteiger partial charge in [-0.15, -0.1) is 0 Å². The Labute approximate surface area is 109 Å². The van der Waals surface area contributed by atoms with Crippen molar-refractivity contribution in [3.8, 4) is 0 Å². The molecule has 0 radical (unpaired) electrons. The van der Waals surface area contributed by atoms with E-state index < -0.39 is 0 Å². The normalized spacial score (nSPS) is 10.9. The third-order valence-corrected chi connectivity index (χ3v) is 3.01. The number of nitrogens with zero attached hydrogens (tertiary/aromatic N) is 3. The van der Waals surface area contributed by atoms with Crippen LogP contribution in [0.3, 0.4) is 0 Å². The van der Waals surface area contributed by atoms with E-state index in [0.29, 0.717) is 17.4 Å². The van der Waals surface area contributed by atoms with Crippen molar-refractivity contribution in [2.75, 3.05) is 5.73 Å². The van der Waals surface area contributed by atoms with Crippen molar-refractivity contribution in [1.82, 2.24) is 14.8 Å². The fourth-order valence-corrected chi connectivity index (χ4v) is 2.01. The van der Waals surface area contributed by atoms with E-state index in [9.17, 15) is 0 Å². The standard InChI is InChI=1S/C13H11ClN4/c14-11-8-18(17-13(11)15)7-10-6-5-9-3-1-2-4-12(9)16-10/h1-6,8H,7H2,(H2,15,17). The van der Waals surface area contributed by atoms with Gasteiger partial charge in [0.2, 0.25) is 0 Å². The number of pyridine rings is 1. The molecule has 4 nitrogen and oxygen atoms in total. The number of hydrogen-bond acceptors (Lipinski definition) is 3. The van der Waals surface area contributed by atoms with Crippen LogP contribution in [0.2, 0.25) is 5.02 Å². The maximum atomic E-state index is 5.86. The number of hydrogen-bond donors (Lipinski definition) is 1. The van der Waals surface area contributed by atoms with Crippen molar-refractivity contribution in [3.63, 3.8) is 0 Å². The number of fused-ring (bicyclic) bond motifs is 1. The van der Waals surface area contributed by atoms with E-state index in [1.165, 1.54) is 0 Å². The molecule has 0 aliphatic heterocycles. The van der Waals surface area contributed by atoms with Crippen LogP contribution in [0.15, 0.2) is 42.6 Å². The molecule has 0 saturated heterocycles. The fraction of sp³-hybridized carbons (Fsp3) is 0.0769. The number of benzene rings is 1. The van der Waals surface area contributed by atoms with Gasteiger partial charge in [0.15, 0.2) is 5.82 Å². The molecule has 0 unspecified atom stereocenters. The summed E-state index contributed by atoms with van der Waals surface area (Å²) in [7, 11) is 0. The minimum absolute atomic E-state index is 0.345. The number of rotatable bonds is 2. The molecule has 0 bridgehead atoms. The molecule has 0 amide bonds. The first-order valence-corrected chi connectivity index (χ1v) is 5.93. The summed E-state index contributed by atoms with van der Waals surface area (Å²) in [6.07, 6.45) is 1.70. The summed E-state index contributed by atoms with van der Waals surface area (Å²) in [6, 6.07) is 12.0. The molecule has 0 spiro atoms. The van der Waals surface area contributed by atoms with Crippen LogP contribution in [0.1, 0.15) is 5.69 Å². The molecule has 0 aliphatic rings. The van der Waals surface area contributed by atoms with Crippen LogP contribution < -0.4 is 5.73 Å². The van der Waals surface area contributed by atoms with Crippen LogP contribution in [0.5, 0.6) is 0 Å². The lowest BCUT2D eigenvalue weighted by atomic mass is 10.2. The van der Waals surface area contributed by atoms with Gasteiger partial charge in [-0.2, -0.15) is 5.10 Å². The van der Waals surface area contributed by atoms with Crippen LogP contribution in [-0.2, 0) is 6.54 Å². The van der Waals surface area contributed by atoms with Crippen LogP contribution >= 0.6 is 11.6 Å². The Morgan fingerprint density at radius 2 is 2.00 bits per heavy atom. The third kappa shape index (κ3) is 2.02. The Kier molecular flexibility index (Phi) is 2.64. The van der Waals surface area contributed by atoms with E-state index in [1.54, 1.807) is 10.9 Å². The van der Waals surface area contributed by atoms with Gasteiger partial charge in [0.05, 0.1) is 17.8 Å². The van der Waals surface area contributed by atoms with Crippen LogP contribution in [0, 0.1) is 0 Å². The van der Waals surface area contributed by atoms with E-state index in [4.69, 9.17) is 17.3 Å². The predicted octanol–water partition coefficient (Wildman–Crippen LogP) is 2.72. The van der Waals surface area contributed by atoms with Crippen LogP contribution in [0.25, 0.3) is 10.9 Å². The molecule has 3 rings (SSSR count). The summed E-state index contributed by atoms with van der Waals surface area (Å²) >= 11 is 5.86. The molecule has 0 saturated carbocycles. The molecule has 0 aliphatic carbocycles. The molecule has 2 aromatic heterocycles. The van der Waals surface area contributed by atoms with Gasteiger partial charge >= 0.3 is 0 Å². The van der Waals surface area contributed by atoms with E-state index in [0.717, 1.165) is 16.6 Å². The topological polar surface area (TPSA) is 56.7 Å². The number of aromatic nitrogens is 3. The largest absolute Gasteiger partial charge is 0.381 e. The van der Waals surface area contributed by atoms with Crippen LogP contribution in [0.4, 0.5) is 5.82 Å². The maximum Gasteiger partial charge on any atom is 0.164 e. The minimum Gasteiger partial charge on any atom is -0.381 e. The van der Waals surface area contributed by atoms with Crippen molar-refractivity contribution in [2.45, 2.75) is 6.54 Å². The molecule has 0 fully saturated rings. The molecule has 0 atom stereocenters. The SMILES string of the molecule is Nc1nn(Cc2ccc3ccccc3n2)cc1Cl. The second kappa shape index (κ2) is 4.31. The summed E-state index contributed by atoms with van der Waals surface area (Å²) in [4.78, 5) is 4.56. The Bertz CT molecular complexity index is 686. The van der Waals surface area contributed by atoms with Crippen LogP contribution in [-0.4, -0.2) is 14.8 Å². The number of nitrogen functional groups attached to an aromatic ring is 1. The Morgan fingerprint density at radius 1 is 1.17 bits per heavy atom. The molecule has 3 aromatic rings. The number of nitrogens with two attached hydrogens (primary N) is 1. The quantitative estimate of drug-likeness (QED) is 0.769. The van der Waals surface area contributed by atoms with Gasteiger partial charge < -0.3 is 5.73 Å². The molecule has 18 heavy (non-hydrogen) atoms. The smallest absolute Gasteiger partial charge is 0.164 e. The Hall–Kier alpha value is -2.07. The molecule has 90 valence electrons. The first-order valence-electron chi connectivity index (χ1n) is 5.55. The van der Waals surface area contributed by atoms with E-state index >= 15 is 0 Å². The first kappa shape index (κ1) is 11.0. The third-order valence-electron chi connectivity index (χ3n) is 2.72. The fourth-order valence-electron chi connectivity index (χ4n) is 1.86. The average Bonchev–Trinajstić information content (AvgIpc) is 2.68. The van der Waals surface area contributed by atoms with Gasteiger partial charge in [0, 0.05) is 11.6 Å². The lowest BCUT2D eigenvalue weighted by Crippen LogP contribution is -2.03. The number of anilines is 1. The van der Waals surface area contributed by atoms with E-state index in [-0.39, 0.29) is 0 Å². The zero-order valence-electron chi connectivity index (χ0n) is 9.55. The molecule has 2 heterocycles. The van der Waals surface area contributed by atoms with Crippen molar-refractivity contribution in [1.29, 1.82) is 0 Å². The zero-order chi connectivity index (χ0) is 12.5. The van der Waals surface area contributed by atoms with Crippen molar-refractivity contribution in [3.05, 3.63) is 53.3 Å². The number of halogens is 1. The first-order chi connectivity index (χ1) is 8.72. The summed E-state index contributed by atoms with van der Waals surface area (Å²) in [5.41, 5.74) is 7.50. The molecular weight excluding hydrogens is 248 g/mol. The molecule has 2 N–H and O–H groups in total. The minimum atomic E-state index is 0.345. The summed E-state index contributed by atoms with van der Waals surface area (Å²) in [5.74, 6) is 0.345. The zero-order valence-corrected chi connectivity index (χ0v) is 10.3. The predicted molar refractivity (Wildman–Crippen MR) is 72.5 cm³/mol. The highest BCUT2D eigenvalue weighted by atomic mass is 35.5. The van der Waals surface area contributed by atoms with Gasteiger partial charge in [-0.05, 0) is 12.1 Å².